The van der Waals surface area contributed by atoms with Gasteiger partial charge >= 0.3 is 0 Å². The van der Waals surface area contributed by atoms with Gasteiger partial charge in [0, 0.05) is 24.3 Å². The SMILES string of the molecule is COc1cc(C2c3c(-c4ccccc4O)n[nH]c3C(=O)N2CCCO)cc(Br)c1O. The molecule has 0 saturated heterocycles. The summed E-state index contributed by atoms with van der Waals surface area (Å²) in [5.74, 6) is 0.0212. The third kappa shape index (κ3) is 3.20. The van der Waals surface area contributed by atoms with E-state index >= 15 is 0 Å². The first kappa shape index (κ1) is 20.2. The molecule has 2 heterocycles. The van der Waals surface area contributed by atoms with Crippen LogP contribution in [0.25, 0.3) is 11.3 Å². The summed E-state index contributed by atoms with van der Waals surface area (Å²) in [6, 6.07) is 9.63. The lowest BCUT2D eigenvalue weighted by molar-refractivity contribution is 0.0732. The number of carbonyl (C=O) groups is 1. The van der Waals surface area contributed by atoms with E-state index in [-0.39, 0.29) is 29.8 Å². The molecule has 0 fully saturated rings. The largest absolute Gasteiger partial charge is 0.507 e. The molecule has 1 aromatic heterocycles. The van der Waals surface area contributed by atoms with Gasteiger partial charge in [-0.2, -0.15) is 5.10 Å². The van der Waals surface area contributed by atoms with Gasteiger partial charge < -0.3 is 25.0 Å². The van der Waals surface area contributed by atoms with E-state index < -0.39 is 6.04 Å². The van der Waals surface area contributed by atoms with Gasteiger partial charge in [0.1, 0.15) is 17.1 Å². The van der Waals surface area contributed by atoms with Crippen LogP contribution in [-0.4, -0.2) is 56.6 Å². The molecule has 8 nitrogen and oxygen atoms in total. The van der Waals surface area contributed by atoms with Crippen molar-refractivity contribution in [1.29, 1.82) is 0 Å². The lowest BCUT2D eigenvalue weighted by Gasteiger charge is -2.27. The van der Waals surface area contributed by atoms with E-state index in [1.165, 1.54) is 7.11 Å². The monoisotopic (exact) mass is 473 g/mol. The zero-order chi connectivity index (χ0) is 21.4. The van der Waals surface area contributed by atoms with Crippen molar-refractivity contribution in [2.45, 2.75) is 12.5 Å². The number of ether oxygens (including phenoxy) is 1. The molecule has 1 aliphatic rings. The van der Waals surface area contributed by atoms with Crippen LogP contribution in [0.1, 0.15) is 34.1 Å². The second-order valence-electron chi connectivity index (χ2n) is 6.91. The molecule has 30 heavy (non-hydrogen) atoms. The summed E-state index contributed by atoms with van der Waals surface area (Å²) in [5, 5.41) is 37.0. The molecule has 0 aliphatic carbocycles. The number of carbonyl (C=O) groups excluding carboxylic acids is 1. The van der Waals surface area contributed by atoms with Crippen LogP contribution in [0.2, 0.25) is 0 Å². The molecular formula is C21H20BrN3O5. The maximum atomic E-state index is 13.1. The van der Waals surface area contributed by atoms with Gasteiger partial charge in [-0.25, -0.2) is 0 Å². The number of benzene rings is 2. The van der Waals surface area contributed by atoms with Gasteiger partial charge in [-0.3, -0.25) is 9.89 Å². The quantitative estimate of drug-likeness (QED) is 0.436. The van der Waals surface area contributed by atoms with E-state index in [1.54, 1.807) is 41.3 Å². The van der Waals surface area contributed by atoms with Crippen LogP contribution in [0, 0.1) is 0 Å². The smallest absolute Gasteiger partial charge is 0.273 e. The number of H-pyrrole nitrogens is 1. The Hall–Kier alpha value is -3.04. The Bertz CT molecular complexity index is 1110. The van der Waals surface area contributed by atoms with Crippen molar-refractivity contribution in [2.75, 3.05) is 20.3 Å². The molecular weight excluding hydrogens is 454 g/mol. The average molecular weight is 474 g/mol. The Kier molecular flexibility index (Phi) is 5.40. The Morgan fingerprint density at radius 2 is 2.03 bits per heavy atom. The number of fused-ring (bicyclic) bond motifs is 1. The molecule has 0 radical (unpaired) electrons. The minimum Gasteiger partial charge on any atom is -0.507 e. The van der Waals surface area contributed by atoms with Crippen LogP contribution in [-0.2, 0) is 0 Å². The number of phenolic OH excluding ortho intramolecular Hbond substituents is 2. The van der Waals surface area contributed by atoms with E-state index in [1.807, 2.05) is 0 Å². The molecule has 2 aromatic carbocycles. The lowest BCUT2D eigenvalue weighted by Crippen LogP contribution is -2.31. The fourth-order valence-corrected chi connectivity index (χ4v) is 4.26. The number of aromatic nitrogens is 2. The van der Waals surface area contributed by atoms with E-state index in [0.29, 0.717) is 45.5 Å². The Balaban J connectivity index is 1.93. The van der Waals surface area contributed by atoms with Crippen LogP contribution in [0.4, 0.5) is 0 Å². The summed E-state index contributed by atoms with van der Waals surface area (Å²) in [5.41, 5.74) is 2.62. The number of halogens is 1. The van der Waals surface area contributed by atoms with Crippen molar-refractivity contribution < 1.29 is 24.9 Å². The number of nitrogens with one attached hydrogen (secondary N) is 1. The predicted octanol–water partition coefficient (Wildman–Crippen LogP) is 3.19. The van der Waals surface area contributed by atoms with E-state index in [4.69, 9.17) is 4.74 Å². The van der Waals surface area contributed by atoms with Crippen LogP contribution < -0.4 is 4.74 Å². The number of rotatable bonds is 6. The fraction of sp³-hybridized carbons (Fsp3) is 0.238. The summed E-state index contributed by atoms with van der Waals surface area (Å²) >= 11 is 3.34. The van der Waals surface area contributed by atoms with Crippen molar-refractivity contribution in [2.24, 2.45) is 0 Å². The number of aliphatic hydroxyl groups is 1. The minimum absolute atomic E-state index is 0.0409. The number of phenols is 2. The van der Waals surface area contributed by atoms with Gasteiger partial charge in [0.15, 0.2) is 11.5 Å². The van der Waals surface area contributed by atoms with Crippen LogP contribution in [0.3, 0.4) is 0 Å². The number of hydrogen-bond acceptors (Lipinski definition) is 6. The summed E-state index contributed by atoms with van der Waals surface area (Å²) in [4.78, 5) is 14.8. The molecule has 1 unspecified atom stereocenters. The Morgan fingerprint density at radius 3 is 2.73 bits per heavy atom. The first-order valence-corrected chi connectivity index (χ1v) is 10.1. The molecule has 1 amide bonds. The first-order valence-electron chi connectivity index (χ1n) is 9.32. The van der Waals surface area contributed by atoms with Gasteiger partial charge in [-0.05, 0) is 52.2 Å². The molecule has 1 aliphatic heterocycles. The highest BCUT2D eigenvalue weighted by Gasteiger charge is 2.42. The third-order valence-electron chi connectivity index (χ3n) is 5.17. The molecule has 9 heteroatoms. The number of hydrogen-bond donors (Lipinski definition) is 4. The first-order chi connectivity index (χ1) is 14.5. The minimum atomic E-state index is -0.543. The fourth-order valence-electron chi connectivity index (χ4n) is 3.80. The summed E-state index contributed by atoms with van der Waals surface area (Å²) in [6.07, 6.45) is 0.405. The topological polar surface area (TPSA) is 119 Å². The molecule has 4 rings (SSSR count). The summed E-state index contributed by atoms with van der Waals surface area (Å²) < 4.78 is 5.71. The zero-order valence-electron chi connectivity index (χ0n) is 16.1. The van der Waals surface area contributed by atoms with Crippen molar-refractivity contribution >= 4 is 21.8 Å². The Morgan fingerprint density at radius 1 is 1.27 bits per heavy atom. The lowest BCUT2D eigenvalue weighted by atomic mass is 9.95. The average Bonchev–Trinajstić information content (AvgIpc) is 3.28. The highest BCUT2D eigenvalue weighted by atomic mass is 79.9. The van der Waals surface area contributed by atoms with E-state index in [2.05, 4.69) is 26.1 Å². The van der Waals surface area contributed by atoms with Gasteiger partial charge in [0.05, 0.1) is 17.6 Å². The van der Waals surface area contributed by atoms with Crippen molar-refractivity contribution in [3.05, 3.63) is 57.7 Å². The Labute approximate surface area is 180 Å². The second kappa shape index (κ2) is 8.00. The standard InChI is InChI=1S/C21H20BrN3O5/c1-30-15-10-11(9-13(22)20(15)28)19-16-17(12-5-2-3-6-14(12)27)23-24-18(16)21(29)25(19)7-4-8-26/h2-3,5-6,9-10,19,26-28H,4,7-8H2,1H3,(H,23,24). The molecule has 0 bridgehead atoms. The highest BCUT2D eigenvalue weighted by molar-refractivity contribution is 9.10. The number of aromatic amines is 1. The number of para-hydroxylation sites is 1. The molecule has 3 aromatic rings. The number of aliphatic hydroxyl groups excluding tert-OH is 1. The third-order valence-corrected chi connectivity index (χ3v) is 5.77. The van der Waals surface area contributed by atoms with E-state index in [9.17, 15) is 20.1 Å². The zero-order valence-corrected chi connectivity index (χ0v) is 17.7. The van der Waals surface area contributed by atoms with Crippen molar-refractivity contribution in [3.63, 3.8) is 0 Å². The number of methoxy groups -OCH3 is 1. The van der Waals surface area contributed by atoms with Gasteiger partial charge in [0.25, 0.3) is 5.91 Å². The maximum Gasteiger partial charge on any atom is 0.273 e. The maximum absolute atomic E-state index is 13.1. The summed E-state index contributed by atoms with van der Waals surface area (Å²) in [7, 11) is 1.45. The van der Waals surface area contributed by atoms with Crippen LogP contribution in [0.5, 0.6) is 17.2 Å². The number of nitrogens with zero attached hydrogens (tertiary/aromatic N) is 2. The second-order valence-corrected chi connectivity index (χ2v) is 7.76. The van der Waals surface area contributed by atoms with E-state index in [0.717, 1.165) is 0 Å². The highest BCUT2D eigenvalue weighted by Crippen LogP contribution is 2.47. The van der Waals surface area contributed by atoms with Gasteiger partial charge in [-0.1, -0.05) is 12.1 Å². The van der Waals surface area contributed by atoms with Crippen LogP contribution >= 0.6 is 15.9 Å². The van der Waals surface area contributed by atoms with Crippen molar-refractivity contribution in [3.8, 4) is 28.5 Å². The molecule has 0 saturated carbocycles. The van der Waals surface area contributed by atoms with Crippen molar-refractivity contribution in [1.82, 2.24) is 15.1 Å². The molecule has 4 N–H and O–H groups in total. The molecule has 156 valence electrons. The number of amides is 1. The van der Waals surface area contributed by atoms with Crippen LogP contribution in [0.15, 0.2) is 40.9 Å². The van der Waals surface area contributed by atoms with Gasteiger partial charge in [-0.15, -0.1) is 0 Å². The molecule has 0 spiro atoms. The summed E-state index contributed by atoms with van der Waals surface area (Å²) in [6.45, 7) is 0.265. The number of aromatic hydroxyl groups is 2. The van der Waals surface area contributed by atoms with Gasteiger partial charge in [0.2, 0.25) is 0 Å². The predicted molar refractivity (Wildman–Crippen MR) is 113 cm³/mol. The normalized spacial score (nSPS) is 15.5. The molecule has 1 atom stereocenters.